The average Bonchev–Trinajstić information content (AvgIpc) is 2.63. The second-order valence-electron chi connectivity index (χ2n) is 12.6. The fraction of sp³-hybridized carbons (Fsp3) is 0.926. The maximum atomic E-state index is 13.0. The fourth-order valence-corrected chi connectivity index (χ4v) is 3.94. The number of rotatable bonds is 16. The third-order valence-electron chi connectivity index (χ3n) is 6.31. The van der Waals surface area contributed by atoms with Crippen molar-refractivity contribution in [3.05, 3.63) is 0 Å². The third kappa shape index (κ3) is 14.0. The van der Waals surface area contributed by atoms with E-state index in [-0.39, 0.29) is 18.5 Å². The van der Waals surface area contributed by atoms with Crippen molar-refractivity contribution >= 4 is 11.9 Å². The Hall–Kier alpha value is -1.14. The first-order chi connectivity index (χ1) is 14.8. The minimum Gasteiger partial charge on any atom is -0.465 e. The molecule has 2 atom stereocenters. The SMILES string of the molecule is CC(CCOC(=O)C(C)(C)CC(C)(C)C(=O)OC(C)(C)CCC(C)CCO)CCC(C)(C)O. The molecular weight excluding hydrogens is 420 g/mol. The van der Waals surface area contributed by atoms with Crippen LogP contribution in [0.2, 0.25) is 0 Å². The number of aliphatic hydroxyl groups excluding tert-OH is 1. The Morgan fingerprint density at radius 1 is 0.758 bits per heavy atom. The second kappa shape index (κ2) is 13.1. The van der Waals surface area contributed by atoms with E-state index < -0.39 is 22.0 Å². The van der Waals surface area contributed by atoms with Crippen LogP contribution < -0.4 is 0 Å². The summed E-state index contributed by atoms with van der Waals surface area (Å²) in [7, 11) is 0. The van der Waals surface area contributed by atoms with Gasteiger partial charge in [-0.25, -0.2) is 0 Å². The van der Waals surface area contributed by atoms with Crippen LogP contribution in [0.5, 0.6) is 0 Å². The molecule has 0 heterocycles. The Labute approximate surface area is 202 Å². The van der Waals surface area contributed by atoms with Crippen molar-refractivity contribution in [2.24, 2.45) is 22.7 Å². The quantitative estimate of drug-likeness (QED) is 0.281. The molecule has 6 nitrogen and oxygen atoms in total. The lowest BCUT2D eigenvalue weighted by molar-refractivity contribution is -0.172. The number of hydrogen-bond acceptors (Lipinski definition) is 6. The van der Waals surface area contributed by atoms with E-state index in [0.29, 0.717) is 37.7 Å². The first kappa shape index (κ1) is 31.9. The van der Waals surface area contributed by atoms with Gasteiger partial charge < -0.3 is 19.7 Å². The van der Waals surface area contributed by atoms with Crippen LogP contribution in [0.15, 0.2) is 0 Å². The highest BCUT2D eigenvalue weighted by atomic mass is 16.6. The van der Waals surface area contributed by atoms with Gasteiger partial charge in [0.25, 0.3) is 0 Å². The molecule has 196 valence electrons. The standard InChI is InChI=1S/C27H52O6/c1-20(13-17-28)12-16-27(9,10)33-23(30)25(5,6)19-24(3,4)22(29)32-18-14-21(2)11-15-26(7,8)31/h20-21,28,31H,11-19H2,1-10H3. The van der Waals surface area contributed by atoms with Gasteiger partial charge in [0.2, 0.25) is 0 Å². The van der Waals surface area contributed by atoms with Gasteiger partial charge in [0.05, 0.1) is 23.0 Å². The number of hydrogen-bond donors (Lipinski definition) is 2. The summed E-state index contributed by atoms with van der Waals surface area (Å²) in [5.74, 6) is 0.0900. The summed E-state index contributed by atoms with van der Waals surface area (Å²) in [5, 5.41) is 18.9. The molecule has 0 spiro atoms. The summed E-state index contributed by atoms with van der Waals surface area (Å²) in [6.45, 7) is 19.3. The van der Waals surface area contributed by atoms with Crippen molar-refractivity contribution in [3.63, 3.8) is 0 Å². The van der Waals surface area contributed by atoms with E-state index in [4.69, 9.17) is 14.6 Å². The van der Waals surface area contributed by atoms with Gasteiger partial charge in [0, 0.05) is 6.61 Å². The smallest absolute Gasteiger partial charge is 0.312 e. The number of aliphatic hydroxyl groups is 2. The molecule has 0 aliphatic heterocycles. The van der Waals surface area contributed by atoms with Crippen molar-refractivity contribution in [1.29, 1.82) is 0 Å². The zero-order valence-electron chi connectivity index (χ0n) is 23.0. The molecule has 33 heavy (non-hydrogen) atoms. The van der Waals surface area contributed by atoms with E-state index in [1.807, 2.05) is 41.5 Å². The molecule has 0 amide bonds. The van der Waals surface area contributed by atoms with Crippen LogP contribution in [0, 0.1) is 22.7 Å². The largest absolute Gasteiger partial charge is 0.465 e. The summed E-state index contributed by atoms with van der Waals surface area (Å²) in [4.78, 5) is 25.7. The van der Waals surface area contributed by atoms with Crippen LogP contribution in [0.1, 0.15) is 114 Å². The van der Waals surface area contributed by atoms with Crippen molar-refractivity contribution in [2.75, 3.05) is 13.2 Å². The van der Waals surface area contributed by atoms with Crippen LogP contribution in [-0.4, -0.2) is 46.6 Å². The van der Waals surface area contributed by atoms with Gasteiger partial charge in [-0.1, -0.05) is 13.8 Å². The molecule has 0 aromatic heterocycles. The maximum Gasteiger partial charge on any atom is 0.312 e. The number of esters is 2. The lowest BCUT2D eigenvalue weighted by Gasteiger charge is -2.35. The molecule has 0 aliphatic carbocycles. The fourth-order valence-electron chi connectivity index (χ4n) is 3.94. The van der Waals surface area contributed by atoms with E-state index in [2.05, 4.69) is 13.8 Å². The van der Waals surface area contributed by atoms with Crippen LogP contribution in [0.4, 0.5) is 0 Å². The second-order valence-corrected chi connectivity index (χ2v) is 12.6. The van der Waals surface area contributed by atoms with Crippen LogP contribution in [-0.2, 0) is 19.1 Å². The van der Waals surface area contributed by atoms with Crippen molar-refractivity contribution in [3.8, 4) is 0 Å². The zero-order valence-corrected chi connectivity index (χ0v) is 23.0. The molecule has 0 bridgehead atoms. The third-order valence-corrected chi connectivity index (χ3v) is 6.31. The van der Waals surface area contributed by atoms with Crippen LogP contribution >= 0.6 is 0 Å². The predicted molar refractivity (Wildman–Crippen MR) is 133 cm³/mol. The van der Waals surface area contributed by atoms with E-state index in [1.54, 1.807) is 13.8 Å². The topological polar surface area (TPSA) is 93.1 Å². The van der Waals surface area contributed by atoms with E-state index >= 15 is 0 Å². The minimum absolute atomic E-state index is 0.166. The number of carbonyl (C=O) groups is 2. The van der Waals surface area contributed by atoms with E-state index in [9.17, 15) is 14.7 Å². The summed E-state index contributed by atoms with van der Waals surface area (Å²) in [5.41, 5.74) is -2.95. The molecule has 0 fully saturated rings. The molecule has 0 radical (unpaired) electrons. The molecule has 2 N–H and O–H groups in total. The monoisotopic (exact) mass is 472 g/mol. The van der Waals surface area contributed by atoms with E-state index in [0.717, 1.165) is 25.7 Å². The van der Waals surface area contributed by atoms with Gasteiger partial charge >= 0.3 is 11.9 Å². The normalized spacial score (nSPS) is 15.2. The molecule has 0 saturated heterocycles. The maximum absolute atomic E-state index is 13.0. The van der Waals surface area contributed by atoms with Crippen LogP contribution in [0.25, 0.3) is 0 Å². The predicted octanol–water partition coefficient (Wildman–Crippen LogP) is 5.67. The van der Waals surface area contributed by atoms with E-state index in [1.165, 1.54) is 0 Å². The van der Waals surface area contributed by atoms with Gasteiger partial charge in [0.15, 0.2) is 0 Å². The average molecular weight is 473 g/mol. The molecule has 0 aliphatic rings. The molecule has 0 aromatic rings. The summed E-state index contributed by atoms with van der Waals surface area (Å²) < 4.78 is 11.4. The molecule has 2 unspecified atom stereocenters. The highest BCUT2D eigenvalue weighted by Gasteiger charge is 2.42. The Kier molecular flexibility index (Phi) is 12.6. The van der Waals surface area contributed by atoms with Crippen LogP contribution in [0.3, 0.4) is 0 Å². The minimum atomic E-state index is -0.837. The van der Waals surface area contributed by atoms with Crippen molar-refractivity contribution < 1.29 is 29.3 Å². The Morgan fingerprint density at radius 2 is 1.24 bits per heavy atom. The van der Waals surface area contributed by atoms with Gasteiger partial charge in [0.1, 0.15) is 5.60 Å². The first-order valence-electron chi connectivity index (χ1n) is 12.6. The number of carbonyl (C=O) groups excluding carboxylic acids is 2. The van der Waals surface area contributed by atoms with Gasteiger partial charge in [-0.15, -0.1) is 0 Å². The van der Waals surface area contributed by atoms with Crippen molar-refractivity contribution in [2.45, 2.75) is 125 Å². The highest BCUT2D eigenvalue weighted by molar-refractivity contribution is 5.80. The van der Waals surface area contributed by atoms with Gasteiger partial charge in [-0.05, 0) is 112 Å². The van der Waals surface area contributed by atoms with Crippen molar-refractivity contribution in [1.82, 2.24) is 0 Å². The Balaban J connectivity index is 4.72. The van der Waals surface area contributed by atoms with Gasteiger partial charge in [-0.3, -0.25) is 9.59 Å². The molecule has 0 rings (SSSR count). The summed E-state index contributed by atoms with van der Waals surface area (Å²) in [6.07, 6.45) is 4.97. The van der Waals surface area contributed by atoms with Gasteiger partial charge in [-0.2, -0.15) is 0 Å². The molecule has 6 heteroatoms. The Bertz CT molecular complexity index is 600. The molecule has 0 saturated carbocycles. The summed E-state index contributed by atoms with van der Waals surface area (Å²) in [6, 6.07) is 0. The zero-order chi connectivity index (χ0) is 26.1. The molecular formula is C27H52O6. The molecule has 0 aromatic carbocycles. The summed E-state index contributed by atoms with van der Waals surface area (Å²) >= 11 is 0. The lowest BCUT2D eigenvalue weighted by atomic mass is 9.75. The highest BCUT2D eigenvalue weighted by Crippen LogP contribution is 2.37. The number of ether oxygens (including phenoxy) is 2. The first-order valence-corrected chi connectivity index (χ1v) is 12.6. The lowest BCUT2D eigenvalue weighted by Crippen LogP contribution is -2.40. The Morgan fingerprint density at radius 3 is 1.76 bits per heavy atom.